The molecule has 1 N–H and O–H groups in total. The Hall–Kier alpha value is -3.46. The van der Waals surface area contributed by atoms with E-state index in [0.717, 1.165) is 5.56 Å². The third kappa shape index (κ3) is 2.55. The summed E-state index contributed by atoms with van der Waals surface area (Å²) in [5.74, 6) is -0.973. The van der Waals surface area contributed by atoms with Crippen LogP contribution in [-0.2, 0) is 0 Å². The molecule has 22 heavy (non-hydrogen) atoms. The van der Waals surface area contributed by atoms with E-state index in [0.29, 0.717) is 16.9 Å². The molecule has 6 heteroatoms. The zero-order valence-corrected chi connectivity index (χ0v) is 11.3. The minimum atomic E-state index is -0.973. The van der Waals surface area contributed by atoms with Crippen LogP contribution in [0.5, 0.6) is 0 Å². The number of nitriles is 1. The van der Waals surface area contributed by atoms with Crippen molar-refractivity contribution in [2.45, 2.75) is 0 Å². The molecule has 1 aromatic heterocycles. The fourth-order valence-electron chi connectivity index (χ4n) is 2.03. The monoisotopic (exact) mass is 290 g/mol. The fourth-order valence-corrected chi connectivity index (χ4v) is 2.03. The van der Waals surface area contributed by atoms with Crippen molar-refractivity contribution in [1.82, 2.24) is 15.0 Å². The van der Waals surface area contributed by atoms with E-state index in [1.807, 2.05) is 6.07 Å². The first-order chi connectivity index (χ1) is 10.7. The van der Waals surface area contributed by atoms with E-state index >= 15 is 0 Å². The van der Waals surface area contributed by atoms with Crippen LogP contribution >= 0.6 is 0 Å². The van der Waals surface area contributed by atoms with Gasteiger partial charge in [0.25, 0.3) is 0 Å². The third-order valence-electron chi connectivity index (χ3n) is 3.16. The number of carboxylic acids is 1. The summed E-state index contributed by atoms with van der Waals surface area (Å²) in [7, 11) is 0. The van der Waals surface area contributed by atoms with Gasteiger partial charge in [0.1, 0.15) is 5.69 Å². The second-order valence-electron chi connectivity index (χ2n) is 4.59. The predicted octanol–water partition coefficient (Wildman–Crippen LogP) is 2.50. The van der Waals surface area contributed by atoms with Crippen molar-refractivity contribution in [2.75, 3.05) is 0 Å². The molecule has 0 aliphatic rings. The van der Waals surface area contributed by atoms with E-state index in [-0.39, 0.29) is 5.56 Å². The SMILES string of the molecule is N#Cc1cccc(-c2cn(-c3ccc(C(=O)O)cc3)nn2)c1. The largest absolute Gasteiger partial charge is 0.478 e. The topological polar surface area (TPSA) is 91.8 Å². The van der Waals surface area contributed by atoms with Gasteiger partial charge in [-0.3, -0.25) is 0 Å². The molecule has 0 aliphatic carbocycles. The Morgan fingerprint density at radius 3 is 2.64 bits per heavy atom. The van der Waals surface area contributed by atoms with Gasteiger partial charge in [0.2, 0.25) is 0 Å². The standard InChI is InChI=1S/C16H10N4O2/c17-9-11-2-1-3-13(8-11)15-10-20(19-18-15)14-6-4-12(5-7-14)16(21)22/h1-8,10H,(H,21,22). The van der Waals surface area contributed by atoms with Crippen LogP contribution in [0.15, 0.2) is 54.7 Å². The lowest BCUT2D eigenvalue weighted by molar-refractivity contribution is 0.0697. The summed E-state index contributed by atoms with van der Waals surface area (Å²) < 4.78 is 1.56. The van der Waals surface area contributed by atoms with E-state index in [9.17, 15) is 4.79 Å². The van der Waals surface area contributed by atoms with Gasteiger partial charge in [0.15, 0.2) is 0 Å². The number of hydrogen-bond acceptors (Lipinski definition) is 4. The molecule has 0 saturated heterocycles. The Kier molecular flexibility index (Phi) is 3.38. The van der Waals surface area contributed by atoms with Crippen LogP contribution in [0.4, 0.5) is 0 Å². The Balaban J connectivity index is 1.93. The number of carbonyl (C=O) groups is 1. The molecule has 3 rings (SSSR count). The molecule has 106 valence electrons. The van der Waals surface area contributed by atoms with Crippen LogP contribution in [0.25, 0.3) is 16.9 Å². The lowest BCUT2D eigenvalue weighted by Crippen LogP contribution is -1.98. The number of nitrogens with zero attached hydrogens (tertiary/aromatic N) is 4. The van der Waals surface area contributed by atoms with Crippen molar-refractivity contribution in [1.29, 1.82) is 5.26 Å². The molecule has 0 atom stereocenters. The third-order valence-corrected chi connectivity index (χ3v) is 3.16. The molecule has 0 unspecified atom stereocenters. The highest BCUT2D eigenvalue weighted by molar-refractivity contribution is 5.87. The van der Waals surface area contributed by atoms with Gasteiger partial charge >= 0.3 is 5.97 Å². The van der Waals surface area contributed by atoms with E-state index < -0.39 is 5.97 Å². The first kappa shape index (κ1) is 13.5. The molecule has 0 bridgehead atoms. The maximum absolute atomic E-state index is 10.8. The van der Waals surface area contributed by atoms with Crippen LogP contribution < -0.4 is 0 Å². The Morgan fingerprint density at radius 1 is 1.18 bits per heavy atom. The number of benzene rings is 2. The van der Waals surface area contributed by atoms with Crippen LogP contribution in [0, 0.1) is 11.3 Å². The van der Waals surface area contributed by atoms with Crippen molar-refractivity contribution < 1.29 is 9.90 Å². The molecule has 2 aromatic carbocycles. The lowest BCUT2D eigenvalue weighted by atomic mass is 10.1. The summed E-state index contributed by atoms with van der Waals surface area (Å²) in [6.45, 7) is 0. The van der Waals surface area contributed by atoms with Crippen molar-refractivity contribution in [3.63, 3.8) is 0 Å². The molecule has 0 fully saturated rings. The molecule has 3 aromatic rings. The highest BCUT2D eigenvalue weighted by Crippen LogP contribution is 2.19. The smallest absolute Gasteiger partial charge is 0.335 e. The van der Waals surface area contributed by atoms with Crippen LogP contribution in [0.3, 0.4) is 0 Å². The zero-order valence-electron chi connectivity index (χ0n) is 11.3. The van der Waals surface area contributed by atoms with Gasteiger partial charge < -0.3 is 5.11 Å². The lowest BCUT2D eigenvalue weighted by Gasteiger charge is -2.00. The second kappa shape index (κ2) is 5.50. The van der Waals surface area contributed by atoms with Gasteiger partial charge in [-0.05, 0) is 36.4 Å². The van der Waals surface area contributed by atoms with E-state index in [4.69, 9.17) is 10.4 Å². The van der Waals surface area contributed by atoms with Gasteiger partial charge in [0, 0.05) is 5.56 Å². The summed E-state index contributed by atoms with van der Waals surface area (Å²) in [6.07, 6.45) is 1.73. The molecule has 0 saturated carbocycles. The normalized spacial score (nSPS) is 10.1. The average Bonchev–Trinajstić information content (AvgIpc) is 3.05. The molecular formula is C16H10N4O2. The van der Waals surface area contributed by atoms with Crippen LogP contribution in [-0.4, -0.2) is 26.1 Å². The van der Waals surface area contributed by atoms with Crippen LogP contribution in [0.1, 0.15) is 15.9 Å². The number of hydrogen-bond donors (Lipinski definition) is 1. The Morgan fingerprint density at radius 2 is 1.95 bits per heavy atom. The number of rotatable bonds is 3. The Labute approximate surface area is 125 Å². The summed E-state index contributed by atoms with van der Waals surface area (Å²) in [4.78, 5) is 10.8. The van der Waals surface area contributed by atoms with E-state index in [2.05, 4.69) is 16.4 Å². The fraction of sp³-hybridized carbons (Fsp3) is 0. The summed E-state index contributed by atoms with van der Waals surface area (Å²) >= 11 is 0. The maximum atomic E-state index is 10.8. The first-order valence-corrected chi connectivity index (χ1v) is 6.44. The zero-order chi connectivity index (χ0) is 15.5. The summed E-state index contributed by atoms with van der Waals surface area (Å²) in [5.41, 5.74) is 2.91. The van der Waals surface area contributed by atoms with E-state index in [1.165, 1.54) is 12.1 Å². The quantitative estimate of drug-likeness (QED) is 0.800. The van der Waals surface area contributed by atoms with Gasteiger partial charge in [0.05, 0.1) is 29.1 Å². The minimum absolute atomic E-state index is 0.214. The molecule has 0 radical (unpaired) electrons. The van der Waals surface area contributed by atoms with Gasteiger partial charge in [-0.25, -0.2) is 9.48 Å². The van der Waals surface area contributed by atoms with Crippen molar-refractivity contribution >= 4 is 5.97 Å². The first-order valence-electron chi connectivity index (χ1n) is 6.44. The highest BCUT2D eigenvalue weighted by atomic mass is 16.4. The molecular weight excluding hydrogens is 280 g/mol. The number of carboxylic acid groups (broad SMARTS) is 1. The van der Waals surface area contributed by atoms with Crippen molar-refractivity contribution in [3.8, 4) is 23.0 Å². The number of aromatic nitrogens is 3. The predicted molar refractivity (Wildman–Crippen MR) is 78.5 cm³/mol. The maximum Gasteiger partial charge on any atom is 0.335 e. The Bertz CT molecular complexity index is 876. The average molecular weight is 290 g/mol. The van der Waals surface area contributed by atoms with Crippen LogP contribution in [0.2, 0.25) is 0 Å². The van der Waals surface area contributed by atoms with Gasteiger partial charge in [-0.2, -0.15) is 5.26 Å². The summed E-state index contributed by atoms with van der Waals surface area (Å²) in [6, 6.07) is 15.5. The van der Waals surface area contributed by atoms with Crippen molar-refractivity contribution in [3.05, 3.63) is 65.9 Å². The molecule has 0 aliphatic heterocycles. The highest BCUT2D eigenvalue weighted by Gasteiger charge is 2.07. The molecule has 1 heterocycles. The van der Waals surface area contributed by atoms with Gasteiger partial charge in [-0.1, -0.05) is 17.3 Å². The number of aromatic carboxylic acids is 1. The molecule has 0 spiro atoms. The van der Waals surface area contributed by atoms with Gasteiger partial charge in [-0.15, -0.1) is 5.10 Å². The minimum Gasteiger partial charge on any atom is -0.478 e. The molecule has 0 amide bonds. The van der Waals surface area contributed by atoms with E-state index in [1.54, 1.807) is 41.2 Å². The molecule has 6 nitrogen and oxygen atoms in total. The van der Waals surface area contributed by atoms with Crippen molar-refractivity contribution in [2.24, 2.45) is 0 Å². The second-order valence-corrected chi connectivity index (χ2v) is 4.59. The summed E-state index contributed by atoms with van der Waals surface area (Å²) in [5, 5.41) is 25.9.